The van der Waals surface area contributed by atoms with Gasteiger partial charge >= 0.3 is 0 Å². The third-order valence-electron chi connectivity index (χ3n) is 3.31. The molecule has 2 aliphatic rings. The van der Waals surface area contributed by atoms with Crippen LogP contribution >= 0.6 is 11.6 Å². The van der Waals surface area contributed by atoms with Gasteiger partial charge in [0.05, 0.1) is 10.7 Å². The molecule has 1 atom stereocenters. The Morgan fingerprint density at radius 1 is 1.47 bits per heavy atom. The lowest BCUT2D eigenvalue weighted by Crippen LogP contribution is -2.23. The summed E-state index contributed by atoms with van der Waals surface area (Å²) in [5.74, 6) is 0.464. The highest BCUT2D eigenvalue weighted by Crippen LogP contribution is 2.33. The van der Waals surface area contributed by atoms with Crippen LogP contribution in [0.5, 0.6) is 0 Å². The van der Waals surface area contributed by atoms with E-state index < -0.39 is 0 Å². The average Bonchev–Trinajstić information content (AvgIpc) is 2.37. The van der Waals surface area contributed by atoms with Gasteiger partial charge in [-0.15, -0.1) is 0 Å². The second kappa shape index (κ2) is 4.53. The molecule has 2 heterocycles. The van der Waals surface area contributed by atoms with Crippen molar-refractivity contribution in [2.24, 2.45) is 5.92 Å². The van der Waals surface area contributed by atoms with E-state index in [4.69, 9.17) is 11.6 Å². The number of fused-ring (bicyclic) bond motifs is 1. The predicted molar refractivity (Wildman–Crippen MR) is 70.2 cm³/mol. The fraction of sp³-hybridized carbons (Fsp3) is 0.357. The highest BCUT2D eigenvalue weighted by atomic mass is 35.5. The number of allylic oxidation sites excluding steroid dienone is 6. The van der Waals surface area contributed by atoms with Crippen LogP contribution in [0.2, 0.25) is 0 Å². The van der Waals surface area contributed by atoms with Crippen molar-refractivity contribution in [1.29, 1.82) is 0 Å². The molecular formula is C14H16ClNO. The third kappa shape index (κ3) is 2.22. The van der Waals surface area contributed by atoms with Gasteiger partial charge in [0.25, 0.3) is 0 Å². The van der Waals surface area contributed by atoms with E-state index in [0.717, 1.165) is 23.4 Å². The van der Waals surface area contributed by atoms with E-state index in [1.807, 2.05) is 30.2 Å². The van der Waals surface area contributed by atoms with Crippen LogP contribution < -0.4 is 0 Å². The summed E-state index contributed by atoms with van der Waals surface area (Å²) in [7, 11) is 0. The fourth-order valence-corrected chi connectivity index (χ4v) is 2.35. The molecule has 1 unspecified atom stereocenters. The van der Waals surface area contributed by atoms with Gasteiger partial charge in [0.1, 0.15) is 0 Å². The summed E-state index contributed by atoms with van der Waals surface area (Å²) in [4.78, 5) is 13.8. The normalized spacial score (nSPS) is 24.0. The monoisotopic (exact) mass is 249 g/mol. The zero-order valence-electron chi connectivity index (χ0n) is 10.3. The number of ketones is 1. The maximum absolute atomic E-state index is 11.8. The molecule has 2 rings (SSSR count). The predicted octanol–water partition coefficient (Wildman–Crippen LogP) is 3.73. The van der Waals surface area contributed by atoms with E-state index in [1.165, 1.54) is 0 Å². The van der Waals surface area contributed by atoms with Crippen molar-refractivity contribution in [3.63, 3.8) is 0 Å². The largest absolute Gasteiger partial charge is 0.313 e. The van der Waals surface area contributed by atoms with Crippen LogP contribution in [0.25, 0.3) is 0 Å². The molecular weight excluding hydrogens is 234 g/mol. The van der Waals surface area contributed by atoms with E-state index in [-0.39, 0.29) is 5.78 Å². The molecule has 0 aliphatic carbocycles. The van der Waals surface area contributed by atoms with Crippen LogP contribution in [0, 0.1) is 5.92 Å². The van der Waals surface area contributed by atoms with E-state index in [0.29, 0.717) is 11.0 Å². The van der Waals surface area contributed by atoms with Crippen LogP contribution in [0.3, 0.4) is 0 Å². The lowest BCUT2D eigenvalue weighted by molar-refractivity contribution is -0.114. The quantitative estimate of drug-likeness (QED) is 0.706. The van der Waals surface area contributed by atoms with Crippen molar-refractivity contribution >= 4 is 17.4 Å². The number of halogens is 1. The molecule has 0 aromatic heterocycles. The van der Waals surface area contributed by atoms with E-state index >= 15 is 0 Å². The maximum atomic E-state index is 11.8. The second-order valence-corrected chi connectivity index (χ2v) is 5.01. The minimum Gasteiger partial charge on any atom is -0.313 e. The number of rotatable bonds is 1. The summed E-state index contributed by atoms with van der Waals surface area (Å²) >= 11 is 6.02. The summed E-state index contributed by atoms with van der Waals surface area (Å²) in [5.41, 5.74) is 2.91. The summed E-state index contributed by atoms with van der Waals surface area (Å²) in [6, 6.07) is 0. The van der Waals surface area contributed by atoms with Crippen molar-refractivity contribution in [3.05, 3.63) is 46.4 Å². The van der Waals surface area contributed by atoms with E-state index in [9.17, 15) is 4.79 Å². The highest BCUT2D eigenvalue weighted by Gasteiger charge is 2.24. The Kier molecular flexibility index (Phi) is 3.25. The lowest BCUT2D eigenvalue weighted by Gasteiger charge is -2.26. The van der Waals surface area contributed by atoms with Crippen molar-refractivity contribution < 1.29 is 4.79 Å². The summed E-state index contributed by atoms with van der Waals surface area (Å²) in [6.45, 7) is 5.77. The van der Waals surface area contributed by atoms with E-state index in [1.54, 1.807) is 6.92 Å². The molecule has 0 N–H and O–H groups in total. The first-order valence-electron chi connectivity index (χ1n) is 5.77. The molecule has 0 radical (unpaired) electrons. The maximum Gasteiger partial charge on any atom is 0.176 e. The van der Waals surface area contributed by atoms with Gasteiger partial charge in [0.15, 0.2) is 5.78 Å². The molecule has 0 aromatic rings. The first-order valence-corrected chi connectivity index (χ1v) is 6.15. The first kappa shape index (κ1) is 12.2. The number of hydrogen-bond donors (Lipinski definition) is 0. The van der Waals surface area contributed by atoms with Gasteiger partial charge in [0.2, 0.25) is 0 Å². The van der Waals surface area contributed by atoms with Gasteiger partial charge in [-0.1, -0.05) is 24.6 Å². The summed E-state index contributed by atoms with van der Waals surface area (Å²) < 4.78 is 0. The lowest BCUT2D eigenvalue weighted by atomic mass is 9.97. The molecule has 0 bridgehead atoms. The molecule has 2 aliphatic heterocycles. The number of carbonyl (C=O) groups is 1. The molecule has 3 heteroatoms. The molecule has 0 spiro atoms. The molecule has 90 valence electrons. The molecule has 0 saturated carbocycles. The van der Waals surface area contributed by atoms with Crippen molar-refractivity contribution in [2.75, 3.05) is 0 Å². The number of nitrogens with zero attached hydrogens (tertiary/aromatic N) is 1. The minimum absolute atomic E-state index is 0.0816. The Balaban J connectivity index is 2.57. The SMILES string of the molecule is CC(=O)C1=C(C)C(C)CC=C2C=CC(Cl)=CN21. The molecule has 17 heavy (non-hydrogen) atoms. The van der Waals surface area contributed by atoms with Crippen molar-refractivity contribution in [2.45, 2.75) is 27.2 Å². The molecule has 0 fully saturated rings. The summed E-state index contributed by atoms with van der Waals surface area (Å²) in [5, 5.41) is 0.642. The van der Waals surface area contributed by atoms with Gasteiger partial charge < -0.3 is 4.90 Å². The highest BCUT2D eigenvalue weighted by molar-refractivity contribution is 6.31. The number of hydrogen-bond acceptors (Lipinski definition) is 2. The minimum atomic E-state index is 0.0816. The molecule has 0 aromatic carbocycles. The number of carbonyl (C=O) groups excluding carboxylic acids is 1. The van der Waals surface area contributed by atoms with Crippen LogP contribution in [-0.4, -0.2) is 10.7 Å². The standard InChI is InChI=1S/C14H16ClNO/c1-9-4-6-13-7-5-12(15)8-16(13)14(10(9)2)11(3)17/h5-9H,4H2,1-3H3. The van der Waals surface area contributed by atoms with E-state index in [2.05, 4.69) is 13.0 Å². The zero-order chi connectivity index (χ0) is 12.6. The van der Waals surface area contributed by atoms with Crippen molar-refractivity contribution in [3.8, 4) is 0 Å². The smallest absolute Gasteiger partial charge is 0.176 e. The van der Waals surface area contributed by atoms with Crippen molar-refractivity contribution in [1.82, 2.24) is 4.90 Å². The molecule has 2 nitrogen and oxygen atoms in total. The van der Waals surface area contributed by atoms with Gasteiger partial charge in [-0.2, -0.15) is 0 Å². The van der Waals surface area contributed by atoms with Crippen LogP contribution in [0.4, 0.5) is 0 Å². The summed E-state index contributed by atoms with van der Waals surface area (Å²) in [6.07, 6.45) is 8.72. The molecule has 0 amide bonds. The Morgan fingerprint density at radius 2 is 2.18 bits per heavy atom. The fourth-order valence-electron chi connectivity index (χ4n) is 2.19. The van der Waals surface area contributed by atoms with Gasteiger partial charge in [-0.25, -0.2) is 0 Å². The van der Waals surface area contributed by atoms with Gasteiger partial charge in [-0.3, -0.25) is 4.79 Å². The zero-order valence-corrected chi connectivity index (χ0v) is 11.1. The Hall–Kier alpha value is -1.28. The second-order valence-electron chi connectivity index (χ2n) is 4.57. The Bertz CT molecular complexity index is 482. The Morgan fingerprint density at radius 3 is 2.82 bits per heavy atom. The topological polar surface area (TPSA) is 20.3 Å². The Labute approximate surface area is 107 Å². The third-order valence-corrected chi connectivity index (χ3v) is 3.54. The average molecular weight is 250 g/mol. The molecule has 0 saturated heterocycles. The first-order chi connectivity index (χ1) is 8.00. The number of Topliss-reactive ketones (excluding diaryl/α,β-unsaturated/α-hetero) is 1. The van der Waals surface area contributed by atoms with Crippen LogP contribution in [0.1, 0.15) is 27.2 Å². The van der Waals surface area contributed by atoms with Gasteiger partial charge in [-0.05, 0) is 37.0 Å². The van der Waals surface area contributed by atoms with Crippen LogP contribution in [-0.2, 0) is 4.79 Å². The van der Waals surface area contributed by atoms with Crippen LogP contribution in [0.15, 0.2) is 46.4 Å². The van der Waals surface area contributed by atoms with Gasteiger partial charge in [0, 0.05) is 18.8 Å².